The number of nitrogens with zero attached hydrogens (tertiary/aromatic N) is 2. The van der Waals surface area contributed by atoms with Gasteiger partial charge in [0.25, 0.3) is 0 Å². The molecule has 0 aliphatic heterocycles. The van der Waals surface area contributed by atoms with Crippen molar-refractivity contribution in [2.24, 2.45) is 0 Å². The smallest absolute Gasteiger partial charge is 0.0562 e. The van der Waals surface area contributed by atoms with E-state index in [9.17, 15) is 0 Å². The van der Waals surface area contributed by atoms with Crippen LogP contribution in [-0.2, 0) is 0 Å². The van der Waals surface area contributed by atoms with E-state index in [1.54, 1.807) is 0 Å². The number of rotatable bonds is 8. The Kier molecular flexibility index (Phi) is 8.55. The Morgan fingerprint density at radius 3 is 1.30 bits per heavy atom. The Labute approximate surface area is 327 Å². The minimum atomic E-state index is 1.09. The van der Waals surface area contributed by atoms with E-state index in [1.165, 1.54) is 60.8 Å². The molecule has 9 aromatic carbocycles. The average molecular weight is 715 g/mol. The van der Waals surface area contributed by atoms with Gasteiger partial charge in [-0.15, -0.1) is 0 Å². The van der Waals surface area contributed by atoms with Crippen molar-refractivity contribution in [1.82, 2.24) is 4.57 Å². The first-order chi connectivity index (χ1) is 27.8. The molecule has 10 aromatic rings. The van der Waals surface area contributed by atoms with Gasteiger partial charge in [-0.2, -0.15) is 0 Å². The molecule has 0 atom stereocenters. The van der Waals surface area contributed by atoms with E-state index in [0.29, 0.717) is 0 Å². The number of para-hydroxylation sites is 1. The van der Waals surface area contributed by atoms with E-state index in [4.69, 9.17) is 0 Å². The molecule has 2 nitrogen and oxygen atoms in total. The number of aromatic nitrogens is 1. The van der Waals surface area contributed by atoms with Gasteiger partial charge in [0, 0.05) is 33.5 Å². The topological polar surface area (TPSA) is 8.17 Å². The normalized spacial score (nSPS) is 11.2. The van der Waals surface area contributed by atoms with Crippen molar-refractivity contribution >= 4 is 38.9 Å². The second kappa shape index (κ2) is 14.4. The highest BCUT2D eigenvalue weighted by molar-refractivity contribution is 6.17. The molecule has 0 saturated heterocycles. The highest BCUT2D eigenvalue weighted by Crippen LogP contribution is 2.44. The number of hydrogen-bond donors (Lipinski definition) is 0. The van der Waals surface area contributed by atoms with Gasteiger partial charge < -0.3 is 9.47 Å². The Balaban J connectivity index is 1.19. The van der Waals surface area contributed by atoms with Crippen LogP contribution in [0.2, 0.25) is 0 Å². The molecule has 2 heteroatoms. The molecule has 0 aliphatic rings. The third kappa shape index (κ3) is 6.04. The highest BCUT2D eigenvalue weighted by atomic mass is 15.1. The average Bonchev–Trinajstić information content (AvgIpc) is 3.62. The van der Waals surface area contributed by atoms with E-state index in [2.05, 4.69) is 240 Å². The van der Waals surface area contributed by atoms with Crippen molar-refractivity contribution < 1.29 is 0 Å². The molecule has 0 saturated carbocycles. The summed E-state index contributed by atoms with van der Waals surface area (Å²) in [7, 11) is 0. The van der Waals surface area contributed by atoms with E-state index in [0.717, 1.165) is 28.3 Å². The predicted octanol–water partition coefficient (Wildman–Crippen LogP) is 14.9. The third-order valence-electron chi connectivity index (χ3n) is 10.8. The summed E-state index contributed by atoms with van der Waals surface area (Å²) in [5.41, 5.74) is 16.4. The van der Waals surface area contributed by atoms with Gasteiger partial charge in [-0.05, 0) is 99.1 Å². The quantitative estimate of drug-likeness (QED) is 0.152. The zero-order valence-electron chi connectivity index (χ0n) is 30.8. The maximum absolute atomic E-state index is 2.43. The van der Waals surface area contributed by atoms with Crippen molar-refractivity contribution in [3.63, 3.8) is 0 Å². The van der Waals surface area contributed by atoms with Gasteiger partial charge in [0.2, 0.25) is 0 Å². The van der Waals surface area contributed by atoms with Crippen LogP contribution in [0.15, 0.2) is 231 Å². The SMILES string of the molecule is c1ccc(-c2ccc(N(c3ccc(-c4ccccc4)cc3)c3ccc4c5c(-c6ccccc6-c6ccccc6)cccc5n(-c5ccccc5)c4c3)cc2)cc1. The predicted molar refractivity (Wildman–Crippen MR) is 237 cm³/mol. The molecule has 0 N–H and O–H groups in total. The van der Waals surface area contributed by atoms with Gasteiger partial charge in [-0.25, -0.2) is 0 Å². The number of fused-ring (bicyclic) bond motifs is 3. The minimum Gasteiger partial charge on any atom is -0.310 e. The van der Waals surface area contributed by atoms with Crippen LogP contribution in [0.4, 0.5) is 17.1 Å². The lowest BCUT2D eigenvalue weighted by Gasteiger charge is -2.26. The fourth-order valence-electron chi connectivity index (χ4n) is 8.18. The van der Waals surface area contributed by atoms with Crippen LogP contribution in [0.5, 0.6) is 0 Å². The summed E-state index contributed by atoms with van der Waals surface area (Å²) in [6.45, 7) is 0. The second-order valence-corrected chi connectivity index (χ2v) is 14.1. The highest BCUT2D eigenvalue weighted by Gasteiger charge is 2.21. The maximum Gasteiger partial charge on any atom is 0.0562 e. The van der Waals surface area contributed by atoms with Gasteiger partial charge in [-0.1, -0.05) is 176 Å². The van der Waals surface area contributed by atoms with Gasteiger partial charge in [-0.3, -0.25) is 0 Å². The molecule has 0 spiro atoms. The Morgan fingerprint density at radius 2 is 0.732 bits per heavy atom. The fourth-order valence-corrected chi connectivity index (χ4v) is 8.18. The van der Waals surface area contributed by atoms with E-state index in [-0.39, 0.29) is 0 Å². The molecule has 1 heterocycles. The fraction of sp³-hybridized carbons (Fsp3) is 0. The van der Waals surface area contributed by atoms with Crippen LogP contribution in [0.1, 0.15) is 0 Å². The number of hydrogen-bond acceptors (Lipinski definition) is 1. The van der Waals surface area contributed by atoms with Crippen molar-refractivity contribution in [2.75, 3.05) is 4.90 Å². The summed E-state index contributed by atoms with van der Waals surface area (Å²) in [5, 5.41) is 2.46. The molecule has 0 aliphatic carbocycles. The summed E-state index contributed by atoms with van der Waals surface area (Å²) in [6.07, 6.45) is 0. The zero-order chi connectivity index (χ0) is 37.3. The van der Waals surface area contributed by atoms with Crippen LogP contribution in [0, 0.1) is 0 Å². The van der Waals surface area contributed by atoms with E-state index < -0.39 is 0 Å². The first-order valence-corrected chi connectivity index (χ1v) is 19.2. The van der Waals surface area contributed by atoms with Gasteiger partial charge in [0.15, 0.2) is 0 Å². The van der Waals surface area contributed by atoms with Crippen molar-refractivity contribution in [3.8, 4) is 50.2 Å². The second-order valence-electron chi connectivity index (χ2n) is 14.1. The van der Waals surface area contributed by atoms with Crippen LogP contribution < -0.4 is 4.90 Å². The first kappa shape index (κ1) is 33.2. The van der Waals surface area contributed by atoms with Gasteiger partial charge in [0.1, 0.15) is 0 Å². The van der Waals surface area contributed by atoms with Crippen LogP contribution in [-0.4, -0.2) is 4.57 Å². The van der Waals surface area contributed by atoms with E-state index in [1.807, 2.05) is 0 Å². The molecule has 0 unspecified atom stereocenters. The van der Waals surface area contributed by atoms with Crippen LogP contribution >= 0.6 is 0 Å². The first-order valence-electron chi connectivity index (χ1n) is 19.2. The maximum atomic E-state index is 2.43. The summed E-state index contributed by atoms with van der Waals surface area (Å²) in [4.78, 5) is 2.38. The molecule has 10 rings (SSSR count). The molecule has 0 radical (unpaired) electrons. The van der Waals surface area contributed by atoms with Crippen molar-refractivity contribution in [3.05, 3.63) is 231 Å². The lowest BCUT2D eigenvalue weighted by Crippen LogP contribution is -2.10. The molecule has 264 valence electrons. The van der Waals surface area contributed by atoms with Crippen LogP contribution in [0.25, 0.3) is 72.0 Å². The molecule has 0 amide bonds. The Morgan fingerprint density at radius 1 is 0.286 bits per heavy atom. The summed E-state index contributed by atoms with van der Waals surface area (Å²) >= 11 is 0. The Bertz CT molecular complexity index is 2830. The van der Waals surface area contributed by atoms with Crippen molar-refractivity contribution in [2.45, 2.75) is 0 Å². The third-order valence-corrected chi connectivity index (χ3v) is 10.8. The minimum absolute atomic E-state index is 1.09. The monoisotopic (exact) mass is 714 g/mol. The summed E-state index contributed by atoms with van der Waals surface area (Å²) in [5.74, 6) is 0. The molecule has 0 fully saturated rings. The summed E-state index contributed by atoms with van der Waals surface area (Å²) in [6, 6.07) is 83.0. The standard InChI is InChI=1S/C54H38N2/c1-5-16-39(17-6-1)41-28-32-45(33-29-41)55(46-34-30-42(31-35-46)40-18-7-2-8-19-40)47-36-37-51-53(38-47)56(44-22-11-4-12-23-44)52-27-15-26-50(54(51)52)49-25-14-13-24-48(49)43-20-9-3-10-21-43/h1-38H. The lowest BCUT2D eigenvalue weighted by molar-refractivity contribution is 1.18. The molecule has 56 heavy (non-hydrogen) atoms. The van der Waals surface area contributed by atoms with Crippen LogP contribution in [0.3, 0.4) is 0 Å². The molecule has 1 aromatic heterocycles. The van der Waals surface area contributed by atoms with Gasteiger partial charge >= 0.3 is 0 Å². The van der Waals surface area contributed by atoms with Gasteiger partial charge in [0.05, 0.1) is 11.0 Å². The molecule has 0 bridgehead atoms. The number of benzene rings is 9. The number of anilines is 3. The Hall–Kier alpha value is -7.42. The van der Waals surface area contributed by atoms with Crippen molar-refractivity contribution in [1.29, 1.82) is 0 Å². The zero-order valence-corrected chi connectivity index (χ0v) is 30.8. The summed E-state index contributed by atoms with van der Waals surface area (Å²) < 4.78 is 2.43. The molecular weight excluding hydrogens is 677 g/mol. The lowest BCUT2D eigenvalue weighted by atomic mass is 9.92. The van der Waals surface area contributed by atoms with E-state index >= 15 is 0 Å². The molecular formula is C54H38N2. The largest absolute Gasteiger partial charge is 0.310 e.